The Morgan fingerprint density at radius 2 is 1.46 bits per heavy atom. The van der Waals surface area contributed by atoms with E-state index >= 15 is 0 Å². The maximum absolute atomic E-state index is 6.82. The minimum absolute atomic E-state index is 0.0281. The van der Waals surface area contributed by atoms with Crippen molar-refractivity contribution in [3.63, 3.8) is 0 Å². The van der Waals surface area contributed by atoms with Crippen LogP contribution in [0.15, 0.2) is 243 Å². The highest BCUT2D eigenvalue weighted by atomic mass is 32.2. The van der Waals surface area contributed by atoms with Gasteiger partial charge in [0, 0.05) is 58.8 Å². The van der Waals surface area contributed by atoms with E-state index in [9.17, 15) is 0 Å². The van der Waals surface area contributed by atoms with Crippen molar-refractivity contribution >= 4 is 68.1 Å². The van der Waals surface area contributed by atoms with Crippen LogP contribution < -0.4 is 4.90 Å². The summed E-state index contributed by atoms with van der Waals surface area (Å²) in [7, 11) is 0. The Kier molecular flexibility index (Phi) is 9.58. The zero-order chi connectivity index (χ0) is 45.7. The second-order valence-corrected chi connectivity index (χ2v) is 21.5. The van der Waals surface area contributed by atoms with Crippen molar-refractivity contribution in [2.45, 2.75) is 53.1 Å². The van der Waals surface area contributed by atoms with Crippen molar-refractivity contribution in [3.05, 3.63) is 251 Å². The first-order chi connectivity index (χ1) is 33.4. The first-order valence-electron chi connectivity index (χ1n) is 23.8. The molecule has 7 aromatic carbocycles. The van der Waals surface area contributed by atoms with Gasteiger partial charge < -0.3 is 9.32 Å². The lowest BCUT2D eigenvalue weighted by Gasteiger charge is -2.44. The number of para-hydroxylation sites is 1. The molecular weight excluding hydrogens is 863 g/mol. The number of anilines is 3. The maximum Gasteiger partial charge on any atom is 0.143 e. The number of hydrogen-bond acceptors (Lipinski definition) is 4. The van der Waals surface area contributed by atoms with Gasteiger partial charge in [-0.1, -0.05) is 189 Å². The topological polar surface area (TPSA) is 16.4 Å². The van der Waals surface area contributed by atoms with E-state index in [0.717, 1.165) is 56.5 Å². The summed E-state index contributed by atoms with van der Waals surface area (Å²) in [6.07, 6.45) is 21.6. The number of hydrogen-bond donors (Lipinski definition) is 0. The first kappa shape index (κ1) is 41.2. The van der Waals surface area contributed by atoms with Gasteiger partial charge in [0.15, 0.2) is 0 Å². The Bertz CT molecular complexity index is 3620. The fraction of sp³-hybridized carbons (Fsp3) is 0.125. The zero-order valence-corrected chi connectivity index (χ0v) is 40.0. The molecule has 68 heavy (non-hydrogen) atoms. The predicted octanol–water partition coefficient (Wildman–Crippen LogP) is 18.2. The highest BCUT2D eigenvalue weighted by molar-refractivity contribution is 8.03. The zero-order valence-electron chi connectivity index (χ0n) is 38.4. The number of benzene rings is 7. The molecule has 0 radical (unpaired) electrons. The standard InChI is InChI=1S/C64H49NOS2/c1-5-17-55-58(6-2)67-60-39-45(32-34-56(60)64(55)54-25-12-10-21-47(54)49-23-16-18-40(3)61(49)64)65(44-31-33-50-53-24-14-15-35-63(53,4)68-59(50)38-44)46-36-51(62-52(37-46)48-22-11-13-26-57(48)66-62)43-29-27-42(28-30-43)41-19-8-7-9-20-41/h5-17,19-40,53H,2,18H2,1,3-4H3/b17-5-. The van der Waals surface area contributed by atoms with Crippen LogP contribution in [0.1, 0.15) is 55.4 Å². The smallest absolute Gasteiger partial charge is 0.143 e. The number of thioether (sulfide) groups is 2. The molecule has 0 saturated carbocycles. The van der Waals surface area contributed by atoms with E-state index in [4.69, 9.17) is 4.42 Å². The third kappa shape index (κ3) is 6.06. The lowest BCUT2D eigenvalue weighted by Crippen LogP contribution is -2.36. The Labute approximate surface area is 407 Å². The molecule has 1 aromatic heterocycles. The van der Waals surface area contributed by atoms with Crippen LogP contribution in [0.25, 0.3) is 49.8 Å². The van der Waals surface area contributed by atoms with E-state index in [1.54, 1.807) is 0 Å². The average molecular weight is 912 g/mol. The van der Waals surface area contributed by atoms with E-state index in [1.807, 2.05) is 23.5 Å². The van der Waals surface area contributed by atoms with E-state index in [2.05, 4.69) is 239 Å². The normalized spacial score (nSPS) is 22.0. The third-order valence-electron chi connectivity index (χ3n) is 15.0. The van der Waals surface area contributed by atoms with Crippen LogP contribution in [-0.2, 0) is 5.41 Å². The molecule has 4 heteroatoms. The average Bonchev–Trinajstić information content (AvgIpc) is 4.01. The van der Waals surface area contributed by atoms with E-state index in [1.165, 1.54) is 64.8 Å². The quantitative estimate of drug-likeness (QED) is 0.158. The van der Waals surface area contributed by atoms with Gasteiger partial charge >= 0.3 is 0 Å². The summed E-state index contributed by atoms with van der Waals surface area (Å²) in [6.45, 7) is 11.4. The molecule has 1 spiro atoms. The Morgan fingerprint density at radius 1 is 0.706 bits per heavy atom. The summed E-state index contributed by atoms with van der Waals surface area (Å²) in [5, 5.41) is 2.20. The van der Waals surface area contributed by atoms with E-state index in [-0.39, 0.29) is 4.75 Å². The molecule has 2 nitrogen and oxygen atoms in total. The number of fused-ring (bicyclic) bond motifs is 12. The van der Waals surface area contributed by atoms with Crippen molar-refractivity contribution < 1.29 is 4.42 Å². The molecule has 0 bridgehead atoms. The first-order valence-corrected chi connectivity index (χ1v) is 25.4. The van der Waals surface area contributed by atoms with Gasteiger partial charge in [0.1, 0.15) is 11.2 Å². The van der Waals surface area contributed by atoms with Crippen LogP contribution in [-0.4, -0.2) is 4.75 Å². The molecule has 0 fully saturated rings. The monoisotopic (exact) mass is 911 g/mol. The molecule has 4 unspecified atom stereocenters. The van der Waals surface area contributed by atoms with Crippen LogP contribution in [0.5, 0.6) is 0 Å². The molecule has 3 heterocycles. The van der Waals surface area contributed by atoms with Crippen molar-refractivity contribution in [2.75, 3.05) is 4.90 Å². The molecule has 8 aromatic rings. The molecular formula is C64H49NOS2. The molecule has 3 aliphatic carbocycles. The highest BCUT2D eigenvalue weighted by Gasteiger charge is 2.53. The van der Waals surface area contributed by atoms with Gasteiger partial charge in [0.25, 0.3) is 0 Å². The molecule has 0 N–H and O–H groups in total. The second-order valence-electron chi connectivity index (χ2n) is 18.9. The second kappa shape index (κ2) is 15.8. The van der Waals surface area contributed by atoms with Crippen molar-refractivity contribution in [2.24, 2.45) is 5.92 Å². The summed E-state index contributed by atoms with van der Waals surface area (Å²) in [6, 6.07) is 56.3. The van der Waals surface area contributed by atoms with Gasteiger partial charge in [-0.05, 0) is 124 Å². The van der Waals surface area contributed by atoms with Gasteiger partial charge in [0.05, 0.1) is 5.41 Å². The summed E-state index contributed by atoms with van der Waals surface area (Å²) < 4.78 is 6.79. The Balaban J connectivity index is 1.06. The van der Waals surface area contributed by atoms with Gasteiger partial charge in [-0.25, -0.2) is 0 Å². The summed E-state index contributed by atoms with van der Waals surface area (Å²) in [5.74, 6) is 0.683. The minimum atomic E-state index is -0.458. The van der Waals surface area contributed by atoms with Crippen LogP contribution in [0.2, 0.25) is 0 Å². The maximum atomic E-state index is 6.82. The van der Waals surface area contributed by atoms with Gasteiger partial charge in [-0.2, -0.15) is 0 Å². The predicted molar refractivity (Wildman–Crippen MR) is 290 cm³/mol. The lowest BCUT2D eigenvalue weighted by molar-refractivity contribution is 0.575. The fourth-order valence-electron chi connectivity index (χ4n) is 12.1. The van der Waals surface area contributed by atoms with Gasteiger partial charge in [0.2, 0.25) is 0 Å². The molecule has 2 aliphatic heterocycles. The highest BCUT2D eigenvalue weighted by Crippen LogP contribution is 2.65. The van der Waals surface area contributed by atoms with Gasteiger partial charge in [-0.3, -0.25) is 0 Å². The Morgan fingerprint density at radius 3 is 2.29 bits per heavy atom. The van der Waals surface area contributed by atoms with Crippen molar-refractivity contribution in [1.82, 2.24) is 0 Å². The molecule has 5 aliphatic rings. The minimum Gasteiger partial charge on any atom is -0.455 e. The van der Waals surface area contributed by atoms with Crippen molar-refractivity contribution in [1.29, 1.82) is 0 Å². The summed E-state index contributed by atoms with van der Waals surface area (Å²) >= 11 is 3.83. The Hall–Kier alpha value is -6.98. The van der Waals surface area contributed by atoms with Crippen LogP contribution >= 0.6 is 23.5 Å². The number of allylic oxidation sites excluding steroid dienone is 11. The largest absolute Gasteiger partial charge is 0.455 e. The third-order valence-corrected chi connectivity index (χ3v) is 17.6. The van der Waals surface area contributed by atoms with Crippen molar-refractivity contribution in [3.8, 4) is 22.3 Å². The molecule has 0 amide bonds. The van der Waals surface area contributed by atoms with Crippen LogP contribution in [0.3, 0.4) is 0 Å². The molecule has 4 atom stereocenters. The summed E-state index contributed by atoms with van der Waals surface area (Å²) in [5.41, 5.74) is 18.7. The molecule has 0 saturated heterocycles. The van der Waals surface area contributed by atoms with Gasteiger partial charge in [-0.15, -0.1) is 11.8 Å². The van der Waals surface area contributed by atoms with Crippen LogP contribution in [0.4, 0.5) is 17.1 Å². The summed E-state index contributed by atoms with van der Waals surface area (Å²) in [4.78, 5) is 6.26. The van der Waals surface area contributed by atoms with E-state index < -0.39 is 5.41 Å². The molecule has 13 rings (SSSR count). The van der Waals surface area contributed by atoms with Crippen LogP contribution in [0, 0.1) is 5.92 Å². The lowest BCUT2D eigenvalue weighted by atomic mass is 9.62. The SMILES string of the molecule is C=CC1=C(/C=C\C)C2(C3=C(C=CCC3C)c3ccccc32)c2ccc(N(c3ccc4c(c3)SC3(C)C=CC=CC43)c3cc(-c4ccc(-c5ccccc5)cc4)c4oc5ccccc5c4c3)cc2S1. The molecule has 328 valence electrons. The number of furan rings is 1. The fourth-order valence-corrected chi connectivity index (χ4v) is 14.7. The number of nitrogens with zero attached hydrogens (tertiary/aromatic N) is 1. The number of rotatable bonds is 7. The van der Waals surface area contributed by atoms with E-state index in [0.29, 0.717) is 11.8 Å².